The predicted octanol–water partition coefficient (Wildman–Crippen LogP) is -1.76. The van der Waals surface area contributed by atoms with E-state index in [1.807, 2.05) is 0 Å². The number of aliphatic hydroxyl groups is 4. The number of rotatable bonds is 2. The van der Waals surface area contributed by atoms with Gasteiger partial charge in [-0.15, -0.1) is 0 Å². The Morgan fingerprint density at radius 2 is 1.54 bits per heavy atom. The van der Waals surface area contributed by atoms with E-state index in [9.17, 15) is 15.3 Å². The van der Waals surface area contributed by atoms with Crippen LogP contribution in [0.5, 0.6) is 0 Å². The standard InChI is InChI=1S/C8H16O5/c1-2-4-6(10)8(12)7(11)5(3-9)13-4/h4-12H,2-3H2,1H3/t4-,5+,6-,7+,8+/m0/s1. The molecule has 0 unspecified atom stereocenters. The van der Waals surface area contributed by atoms with Gasteiger partial charge in [-0.3, -0.25) is 0 Å². The molecule has 4 N–H and O–H groups in total. The van der Waals surface area contributed by atoms with Crippen LogP contribution in [0.15, 0.2) is 0 Å². The minimum Gasteiger partial charge on any atom is -0.394 e. The smallest absolute Gasteiger partial charge is 0.111 e. The van der Waals surface area contributed by atoms with Crippen molar-refractivity contribution < 1.29 is 25.2 Å². The fourth-order valence-electron chi connectivity index (χ4n) is 1.52. The zero-order valence-corrected chi connectivity index (χ0v) is 7.50. The Bertz CT molecular complexity index is 143. The largest absolute Gasteiger partial charge is 0.394 e. The minimum absolute atomic E-state index is 0.360. The average Bonchev–Trinajstić information content (AvgIpc) is 2.15. The molecule has 1 heterocycles. The van der Waals surface area contributed by atoms with Gasteiger partial charge >= 0.3 is 0 Å². The van der Waals surface area contributed by atoms with E-state index in [4.69, 9.17) is 9.84 Å². The summed E-state index contributed by atoms with van der Waals surface area (Å²) in [6.07, 6.45) is -4.33. The molecule has 1 rings (SSSR count). The van der Waals surface area contributed by atoms with Gasteiger partial charge in [-0.05, 0) is 6.42 Å². The first kappa shape index (κ1) is 10.9. The van der Waals surface area contributed by atoms with Crippen LogP contribution in [0.4, 0.5) is 0 Å². The summed E-state index contributed by atoms with van der Waals surface area (Å²) in [7, 11) is 0. The highest BCUT2D eigenvalue weighted by Crippen LogP contribution is 2.22. The van der Waals surface area contributed by atoms with Gasteiger partial charge in [0, 0.05) is 0 Å². The van der Waals surface area contributed by atoms with Crippen molar-refractivity contribution in [2.24, 2.45) is 0 Å². The van der Waals surface area contributed by atoms with Crippen molar-refractivity contribution in [3.63, 3.8) is 0 Å². The third-order valence-electron chi connectivity index (χ3n) is 2.39. The van der Waals surface area contributed by atoms with Gasteiger partial charge in [0.25, 0.3) is 0 Å². The first-order chi connectivity index (χ1) is 6.11. The van der Waals surface area contributed by atoms with E-state index in [0.717, 1.165) is 0 Å². The van der Waals surface area contributed by atoms with Gasteiger partial charge in [-0.25, -0.2) is 0 Å². The lowest BCUT2D eigenvalue weighted by Gasteiger charge is -2.39. The molecule has 0 aromatic heterocycles. The Morgan fingerprint density at radius 3 is 2.00 bits per heavy atom. The first-order valence-electron chi connectivity index (χ1n) is 4.42. The van der Waals surface area contributed by atoms with Gasteiger partial charge < -0.3 is 25.2 Å². The van der Waals surface area contributed by atoms with Crippen LogP contribution in [-0.2, 0) is 4.74 Å². The van der Waals surface area contributed by atoms with E-state index >= 15 is 0 Å². The summed E-state index contributed by atoms with van der Waals surface area (Å²) in [6, 6.07) is 0. The molecule has 0 bridgehead atoms. The zero-order valence-electron chi connectivity index (χ0n) is 7.50. The normalized spacial score (nSPS) is 46.4. The van der Waals surface area contributed by atoms with Crippen LogP contribution in [0.3, 0.4) is 0 Å². The molecule has 0 amide bonds. The SMILES string of the molecule is CC[C@@H]1O[C@H](CO)[C@@H](O)[C@H](O)[C@H]1O. The molecular formula is C8H16O5. The fraction of sp³-hybridized carbons (Fsp3) is 1.00. The topological polar surface area (TPSA) is 90.2 Å². The van der Waals surface area contributed by atoms with Crippen LogP contribution < -0.4 is 0 Å². The highest BCUT2D eigenvalue weighted by Gasteiger charge is 2.42. The summed E-state index contributed by atoms with van der Waals surface area (Å²) < 4.78 is 5.17. The van der Waals surface area contributed by atoms with Gasteiger partial charge in [-0.1, -0.05) is 6.92 Å². The lowest BCUT2D eigenvalue weighted by atomic mass is 9.94. The van der Waals surface area contributed by atoms with Gasteiger partial charge in [0.15, 0.2) is 0 Å². The Hall–Kier alpha value is -0.200. The van der Waals surface area contributed by atoms with Crippen LogP contribution in [-0.4, -0.2) is 57.6 Å². The molecule has 1 fully saturated rings. The number of ether oxygens (including phenoxy) is 1. The van der Waals surface area contributed by atoms with Crippen molar-refractivity contribution in [1.82, 2.24) is 0 Å². The molecule has 0 radical (unpaired) electrons. The molecule has 5 heteroatoms. The second-order valence-electron chi connectivity index (χ2n) is 3.28. The van der Waals surface area contributed by atoms with Crippen molar-refractivity contribution in [1.29, 1.82) is 0 Å². The molecule has 0 aliphatic carbocycles. The van der Waals surface area contributed by atoms with Gasteiger partial charge in [-0.2, -0.15) is 0 Å². The quantitative estimate of drug-likeness (QED) is 0.416. The summed E-state index contributed by atoms with van der Waals surface area (Å²) in [5, 5.41) is 36.9. The van der Waals surface area contributed by atoms with Crippen molar-refractivity contribution in [2.75, 3.05) is 6.61 Å². The van der Waals surface area contributed by atoms with E-state index < -0.39 is 30.5 Å². The third-order valence-corrected chi connectivity index (χ3v) is 2.39. The molecule has 0 aromatic rings. The summed E-state index contributed by atoms with van der Waals surface area (Å²) in [6.45, 7) is 1.44. The number of hydrogen-bond donors (Lipinski definition) is 4. The van der Waals surface area contributed by atoms with Crippen molar-refractivity contribution in [2.45, 2.75) is 43.9 Å². The number of hydrogen-bond acceptors (Lipinski definition) is 5. The van der Waals surface area contributed by atoms with Crippen LogP contribution >= 0.6 is 0 Å². The lowest BCUT2D eigenvalue weighted by molar-refractivity contribution is -0.229. The molecule has 13 heavy (non-hydrogen) atoms. The molecule has 5 atom stereocenters. The van der Waals surface area contributed by atoms with Crippen LogP contribution in [0.25, 0.3) is 0 Å². The molecular weight excluding hydrogens is 176 g/mol. The Labute approximate surface area is 76.6 Å². The van der Waals surface area contributed by atoms with Gasteiger partial charge in [0.2, 0.25) is 0 Å². The van der Waals surface area contributed by atoms with E-state index in [0.29, 0.717) is 6.42 Å². The Kier molecular flexibility index (Phi) is 3.63. The lowest BCUT2D eigenvalue weighted by Crippen LogP contribution is -2.58. The molecule has 78 valence electrons. The van der Waals surface area contributed by atoms with Crippen LogP contribution in [0, 0.1) is 0 Å². The Balaban J connectivity index is 2.66. The second kappa shape index (κ2) is 4.34. The maximum absolute atomic E-state index is 9.40. The average molecular weight is 192 g/mol. The first-order valence-corrected chi connectivity index (χ1v) is 4.42. The van der Waals surface area contributed by atoms with E-state index in [1.54, 1.807) is 6.92 Å². The summed E-state index contributed by atoms with van der Waals surface area (Å²) >= 11 is 0. The van der Waals surface area contributed by atoms with Crippen molar-refractivity contribution in [3.05, 3.63) is 0 Å². The molecule has 0 spiro atoms. The minimum atomic E-state index is -1.24. The molecule has 1 aliphatic rings. The monoisotopic (exact) mass is 192 g/mol. The third kappa shape index (κ3) is 2.00. The molecule has 0 saturated carbocycles. The van der Waals surface area contributed by atoms with Crippen molar-refractivity contribution in [3.8, 4) is 0 Å². The molecule has 1 saturated heterocycles. The van der Waals surface area contributed by atoms with E-state index in [1.165, 1.54) is 0 Å². The summed E-state index contributed by atoms with van der Waals surface area (Å²) in [4.78, 5) is 0. The van der Waals surface area contributed by atoms with Crippen LogP contribution in [0.1, 0.15) is 13.3 Å². The summed E-state index contributed by atoms with van der Waals surface area (Å²) in [5.74, 6) is 0. The predicted molar refractivity (Wildman–Crippen MR) is 44.1 cm³/mol. The zero-order chi connectivity index (χ0) is 10.0. The second-order valence-corrected chi connectivity index (χ2v) is 3.28. The van der Waals surface area contributed by atoms with E-state index in [2.05, 4.69) is 0 Å². The maximum atomic E-state index is 9.40. The highest BCUT2D eigenvalue weighted by atomic mass is 16.5. The molecule has 1 aliphatic heterocycles. The number of aliphatic hydroxyl groups excluding tert-OH is 4. The van der Waals surface area contributed by atoms with Crippen LogP contribution in [0.2, 0.25) is 0 Å². The van der Waals surface area contributed by atoms with Crippen molar-refractivity contribution >= 4 is 0 Å². The van der Waals surface area contributed by atoms with E-state index in [-0.39, 0.29) is 6.61 Å². The highest BCUT2D eigenvalue weighted by molar-refractivity contribution is 4.91. The fourth-order valence-corrected chi connectivity index (χ4v) is 1.52. The summed E-state index contributed by atoms with van der Waals surface area (Å²) in [5.41, 5.74) is 0. The van der Waals surface area contributed by atoms with Gasteiger partial charge in [0.05, 0.1) is 12.7 Å². The Morgan fingerprint density at radius 1 is 1.00 bits per heavy atom. The van der Waals surface area contributed by atoms with Gasteiger partial charge in [0.1, 0.15) is 24.4 Å². The maximum Gasteiger partial charge on any atom is 0.111 e. The molecule has 0 aromatic carbocycles. The molecule has 5 nitrogen and oxygen atoms in total.